The van der Waals surface area contributed by atoms with Gasteiger partial charge in [-0.05, 0) is 44.0 Å². The Hall–Kier alpha value is -2.22. The first-order valence-corrected chi connectivity index (χ1v) is 12.2. The van der Waals surface area contributed by atoms with Crippen molar-refractivity contribution in [3.8, 4) is 0 Å². The zero-order chi connectivity index (χ0) is 21.4. The quantitative estimate of drug-likeness (QED) is 0.654. The molecule has 0 N–H and O–H groups in total. The highest BCUT2D eigenvalue weighted by Crippen LogP contribution is 2.37. The fourth-order valence-electron chi connectivity index (χ4n) is 3.49. The van der Waals surface area contributed by atoms with Gasteiger partial charge in [-0.2, -0.15) is 4.31 Å². The minimum absolute atomic E-state index is 0.0212. The molecule has 1 saturated heterocycles. The number of nitrogens with zero attached hydrogens (tertiary/aromatic N) is 1. The van der Waals surface area contributed by atoms with Gasteiger partial charge in [-0.3, -0.25) is 0 Å². The SMILES string of the molecule is C=C[C@@H]1CN(S(=O)(=O)c2ccc(C)cc2)C[C@H]1C(=C)S(=O)(=O)c1ccc(C)cc1. The molecule has 0 spiro atoms. The molecule has 7 heteroatoms. The average Bonchev–Trinajstić information content (AvgIpc) is 3.13. The van der Waals surface area contributed by atoms with Crippen molar-refractivity contribution in [1.82, 2.24) is 4.31 Å². The molecule has 2 aromatic carbocycles. The highest BCUT2D eigenvalue weighted by molar-refractivity contribution is 7.95. The lowest BCUT2D eigenvalue weighted by molar-refractivity contribution is 0.467. The third-order valence-electron chi connectivity index (χ3n) is 5.38. The molecule has 1 fully saturated rings. The van der Waals surface area contributed by atoms with Crippen molar-refractivity contribution >= 4 is 19.9 Å². The molecule has 0 unspecified atom stereocenters. The number of sulfone groups is 1. The van der Waals surface area contributed by atoms with Gasteiger partial charge in [-0.25, -0.2) is 16.8 Å². The van der Waals surface area contributed by atoms with Crippen molar-refractivity contribution in [2.75, 3.05) is 13.1 Å². The molecular weight excluding hydrogens is 406 g/mol. The smallest absolute Gasteiger partial charge is 0.219 e. The van der Waals surface area contributed by atoms with Gasteiger partial charge in [0.15, 0.2) is 0 Å². The predicted octanol–water partition coefficient (Wildman–Crippen LogP) is 3.71. The summed E-state index contributed by atoms with van der Waals surface area (Å²) in [6.45, 7) is 11.6. The molecule has 0 amide bonds. The Labute approximate surface area is 173 Å². The lowest BCUT2D eigenvalue weighted by Crippen LogP contribution is -2.29. The number of hydrogen-bond donors (Lipinski definition) is 0. The lowest BCUT2D eigenvalue weighted by Gasteiger charge is -2.19. The number of rotatable bonds is 6. The molecule has 3 rings (SSSR count). The molecule has 2 atom stereocenters. The van der Waals surface area contributed by atoms with Crippen LogP contribution in [0.1, 0.15) is 11.1 Å². The first-order valence-electron chi connectivity index (χ1n) is 9.27. The lowest BCUT2D eigenvalue weighted by atomic mass is 9.96. The van der Waals surface area contributed by atoms with Gasteiger partial charge >= 0.3 is 0 Å². The molecule has 0 saturated carbocycles. The fourth-order valence-corrected chi connectivity index (χ4v) is 6.44. The molecule has 0 aliphatic carbocycles. The summed E-state index contributed by atoms with van der Waals surface area (Å²) in [6, 6.07) is 13.2. The van der Waals surface area contributed by atoms with Crippen LogP contribution >= 0.6 is 0 Å². The maximum Gasteiger partial charge on any atom is 0.243 e. The van der Waals surface area contributed by atoms with Crippen molar-refractivity contribution in [1.29, 1.82) is 0 Å². The largest absolute Gasteiger partial charge is 0.243 e. The normalized spacial score (nSPS) is 20.5. The average molecular weight is 432 g/mol. The summed E-state index contributed by atoms with van der Waals surface area (Å²) >= 11 is 0. The summed E-state index contributed by atoms with van der Waals surface area (Å²) < 4.78 is 53.5. The van der Waals surface area contributed by atoms with Gasteiger partial charge in [-0.15, -0.1) is 6.58 Å². The highest BCUT2D eigenvalue weighted by atomic mass is 32.2. The third kappa shape index (κ3) is 4.08. The monoisotopic (exact) mass is 431 g/mol. The van der Waals surface area contributed by atoms with Crippen molar-refractivity contribution < 1.29 is 16.8 Å². The van der Waals surface area contributed by atoms with Gasteiger partial charge in [0.05, 0.1) is 9.79 Å². The Morgan fingerprint density at radius 2 is 1.38 bits per heavy atom. The van der Waals surface area contributed by atoms with Crippen LogP contribution in [0.3, 0.4) is 0 Å². The van der Waals surface area contributed by atoms with Crippen molar-refractivity contribution in [2.24, 2.45) is 11.8 Å². The van der Waals surface area contributed by atoms with E-state index in [1.807, 2.05) is 13.8 Å². The Kier molecular flexibility index (Phi) is 5.85. The van der Waals surface area contributed by atoms with Gasteiger partial charge in [0.1, 0.15) is 0 Å². The molecule has 0 radical (unpaired) electrons. The van der Waals surface area contributed by atoms with Crippen molar-refractivity contribution in [3.63, 3.8) is 0 Å². The van der Waals surface area contributed by atoms with Crippen LogP contribution in [0, 0.1) is 25.7 Å². The summed E-state index contributed by atoms with van der Waals surface area (Å²) in [5, 5.41) is 0. The van der Waals surface area contributed by atoms with Crippen LogP contribution in [0.4, 0.5) is 0 Å². The van der Waals surface area contributed by atoms with Gasteiger partial charge in [0.2, 0.25) is 19.9 Å². The maximum absolute atomic E-state index is 13.1. The molecule has 154 valence electrons. The number of sulfonamides is 1. The molecule has 5 nitrogen and oxygen atoms in total. The van der Waals surface area contributed by atoms with Crippen LogP contribution in [-0.4, -0.2) is 34.2 Å². The molecule has 1 aliphatic heterocycles. The second-order valence-corrected chi connectivity index (χ2v) is 11.4. The molecule has 29 heavy (non-hydrogen) atoms. The van der Waals surface area contributed by atoms with E-state index in [0.29, 0.717) is 0 Å². The van der Waals surface area contributed by atoms with E-state index in [0.717, 1.165) is 11.1 Å². The summed E-state index contributed by atoms with van der Waals surface area (Å²) in [5.41, 5.74) is 1.92. The van der Waals surface area contributed by atoms with Gasteiger partial charge < -0.3 is 0 Å². The van der Waals surface area contributed by atoms with E-state index in [1.54, 1.807) is 54.6 Å². The molecule has 1 aliphatic rings. The highest BCUT2D eigenvalue weighted by Gasteiger charge is 2.42. The van der Waals surface area contributed by atoms with Gasteiger partial charge in [0, 0.05) is 23.9 Å². The molecule has 1 heterocycles. The van der Waals surface area contributed by atoms with Gasteiger partial charge in [-0.1, -0.05) is 48.0 Å². The molecular formula is C22H25NO4S2. The summed E-state index contributed by atoms with van der Waals surface area (Å²) in [4.78, 5) is 0.377. The van der Waals surface area contributed by atoms with E-state index < -0.39 is 25.8 Å². The van der Waals surface area contributed by atoms with Crippen molar-refractivity contribution in [3.05, 3.63) is 83.8 Å². The minimum atomic E-state index is -3.79. The summed E-state index contributed by atoms with van der Waals surface area (Å²) in [6.07, 6.45) is 1.62. The predicted molar refractivity (Wildman–Crippen MR) is 115 cm³/mol. The van der Waals surface area contributed by atoms with Crippen LogP contribution in [-0.2, 0) is 19.9 Å². The van der Waals surface area contributed by atoms with E-state index in [-0.39, 0.29) is 33.7 Å². The Morgan fingerprint density at radius 1 is 0.897 bits per heavy atom. The second kappa shape index (κ2) is 7.89. The first kappa shape index (κ1) is 21.5. The van der Waals surface area contributed by atoms with E-state index >= 15 is 0 Å². The number of hydrogen-bond acceptors (Lipinski definition) is 4. The molecule has 0 bridgehead atoms. The van der Waals surface area contributed by atoms with E-state index in [4.69, 9.17) is 0 Å². The number of benzene rings is 2. The topological polar surface area (TPSA) is 71.5 Å². The summed E-state index contributed by atoms with van der Waals surface area (Å²) in [5.74, 6) is -0.887. The molecule has 0 aromatic heterocycles. The van der Waals surface area contributed by atoms with Crippen LogP contribution < -0.4 is 0 Å². The minimum Gasteiger partial charge on any atom is -0.219 e. The second-order valence-electron chi connectivity index (χ2n) is 7.42. The first-order chi connectivity index (χ1) is 13.6. The van der Waals surface area contributed by atoms with Crippen LogP contribution in [0.5, 0.6) is 0 Å². The van der Waals surface area contributed by atoms with E-state index in [1.165, 1.54) is 4.31 Å². The Balaban J connectivity index is 1.90. The zero-order valence-corrected chi connectivity index (χ0v) is 18.2. The van der Waals surface area contributed by atoms with E-state index in [2.05, 4.69) is 13.2 Å². The van der Waals surface area contributed by atoms with Crippen LogP contribution in [0.15, 0.2) is 82.5 Å². The van der Waals surface area contributed by atoms with Gasteiger partial charge in [0.25, 0.3) is 0 Å². The standard InChI is InChI=1S/C22H25NO4S2/c1-5-19-14-23(29(26,27)21-12-8-17(3)9-13-21)15-22(19)18(4)28(24,25)20-10-6-16(2)7-11-20/h5-13,19,22H,1,4,14-15H2,2-3H3/t19-,22+/m1/s1. The third-order valence-corrected chi connectivity index (χ3v) is 9.11. The Morgan fingerprint density at radius 3 is 1.86 bits per heavy atom. The fraction of sp³-hybridized carbons (Fsp3) is 0.273. The van der Waals surface area contributed by atoms with Crippen LogP contribution in [0.2, 0.25) is 0 Å². The van der Waals surface area contributed by atoms with E-state index in [9.17, 15) is 16.8 Å². The number of aryl methyl sites for hydroxylation is 2. The maximum atomic E-state index is 13.1. The van der Waals surface area contributed by atoms with Crippen molar-refractivity contribution in [2.45, 2.75) is 23.6 Å². The van der Waals surface area contributed by atoms with Crippen LogP contribution in [0.25, 0.3) is 0 Å². The molecule has 2 aromatic rings. The Bertz CT molecular complexity index is 1130. The zero-order valence-electron chi connectivity index (χ0n) is 16.6. The summed E-state index contributed by atoms with van der Waals surface area (Å²) in [7, 11) is -7.52.